The van der Waals surface area contributed by atoms with Gasteiger partial charge in [-0.25, -0.2) is 0 Å². The van der Waals surface area contributed by atoms with Crippen LogP contribution in [0, 0.1) is 17.3 Å². The summed E-state index contributed by atoms with van der Waals surface area (Å²) < 4.78 is 0. The molecule has 5 atom stereocenters. The number of nitrogens with zero attached hydrogens (tertiary/aromatic N) is 1. The van der Waals surface area contributed by atoms with Crippen molar-refractivity contribution in [2.75, 3.05) is 13.1 Å². The van der Waals surface area contributed by atoms with Crippen LogP contribution in [0.3, 0.4) is 0 Å². The number of piperidine rings is 1. The van der Waals surface area contributed by atoms with E-state index in [1.165, 1.54) is 54.6 Å². The number of fused-ring (bicyclic) bond motifs is 4. The fourth-order valence-corrected chi connectivity index (χ4v) is 8.16. The summed E-state index contributed by atoms with van der Waals surface area (Å²) in [5, 5.41) is 11.1. The minimum absolute atomic E-state index is 0.0115. The third kappa shape index (κ3) is 3.76. The molecule has 176 valence electrons. The van der Waals surface area contributed by atoms with Gasteiger partial charge in [0.15, 0.2) is 5.78 Å². The van der Waals surface area contributed by atoms with Crippen molar-refractivity contribution in [3.63, 3.8) is 0 Å². The number of allylic oxidation sites excluding steroid dienone is 4. The van der Waals surface area contributed by atoms with Crippen molar-refractivity contribution >= 4 is 5.78 Å². The minimum atomic E-state index is -0.181. The molecular weight excluding hydrogens is 406 g/mol. The number of ketones is 1. The van der Waals surface area contributed by atoms with Crippen molar-refractivity contribution in [1.29, 1.82) is 0 Å². The lowest BCUT2D eigenvalue weighted by molar-refractivity contribution is -0.114. The molecule has 5 aliphatic rings. The van der Waals surface area contributed by atoms with Crippen LogP contribution in [0.25, 0.3) is 0 Å². The van der Waals surface area contributed by atoms with E-state index in [-0.39, 0.29) is 11.5 Å². The van der Waals surface area contributed by atoms with E-state index in [9.17, 15) is 9.90 Å². The van der Waals surface area contributed by atoms with Crippen molar-refractivity contribution in [3.8, 4) is 0 Å². The number of likely N-dealkylation sites (tertiary alicyclic amines) is 1. The molecule has 1 saturated heterocycles. The van der Waals surface area contributed by atoms with Gasteiger partial charge in [-0.15, -0.1) is 0 Å². The van der Waals surface area contributed by atoms with E-state index in [0.717, 1.165) is 45.1 Å². The highest BCUT2D eigenvalue weighted by atomic mass is 16.3. The molecule has 0 amide bonds. The van der Waals surface area contributed by atoms with Gasteiger partial charge in [-0.1, -0.05) is 43.2 Å². The second kappa shape index (κ2) is 8.50. The summed E-state index contributed by atoms with van der Waals surface area (Å²) >= 11 is 0. The second-order valence-electron chi connectivity index (χ2n) is 11.8. The van der Waals surface area contributed by atoms with Crippen LogP contribution >= 0.6 is 0 Å². The minimum Gasteiger partial charge on any atom is -0.393 e. The van der Waals surface area contributed by atoms with Gasteiger partial charge in [0.2, 0.25) is 0 Å². The highest BCUT2D eigenvalue weighted by molar-refractivity contribution is 5.93. The zero-order valence-electron chi connectivity index (χ0n) is 20.2. The maximum Gasteiger partial charge on any atom is 0.156 e. The number of hydrogen-bond donors (Lipinski definition) is 1. The average molecular weight is 446 g/mol. The van der Waals surface area contributed by atoms with Crippen molar-refractivity contribution in [2.24, 2.45) is 17.3 Å². The number of carbonyl (C=O) groups excluding carboxylic acids is 1. The largest absolute Gasteiger partial charge is 0.393 e. The summed E-state index contributed by atoms with van der Waals surface area (Å²) in [4.78, 5) is 14.8. The molecule has 0 spiro atoms. The lowest BCUT2D eigenvalue weighted by atomic mass is 9.53. The lowest BCUT2D eigenvalue weighted by Gasteiger charge is -2.52. The van der Waals surface area contributed by atoms with Crippen molar-refractivity contribution in [3.05, 3.63) is 58.2 Å². The zero-order valence-corrected chi connectivity index (χ0v) is 20.2. The molecule has 0 aromatic heterocycles. The third-order valence-electron chi connectivity index (χ3n) is 9.92. The molecule has 6 rings (SSSR count). The normalized spacial score (nSPS) is 36.8. The van der Waals surface area contributed by atoms with Crippen LogP contribution in [-0.2, 0) is 11.3 Å². The molecule has 4 aliphatic carbocycles. The van der Waals surface area contributed by atoms with Gasteiger partial charge in [-0.05, 0) is 110 Å². The summed E-state index contributed by atoms with van der Waals surface area (Å²) in [5.41, 5.74) is 7.32. The Morgan fingerprint density at radius 1 is 1.00 bits per heavy atom. The van der Waals surface area contributed by atoms with Gasteiger partial charge in [0.05, 0.1) is 6.10 Å². The molecule has 1 aromatic rings. The third-order valence-corrected chi connectivity index (χ3v) is 9.92. The Morgan fingerprint density at radius 3 is 2.58 bits per heavy atom. The van der Waals surface area contributed by atoms with Crippen LogP contribution in [0.5, 0.6) is 0 Å². The summed E-state index contributed by atoms with van der Waals surface area (Å²) in [5.74, 6) is 1.84. The standard InChI is InChI=1S/C30H39NO2/c1-30-18-26(21-7-5-20(6-8-21)19-31-15-3-2-4-16-31)29-24-12-10-23(32)17-22(24)9-11-25(29)27(30)13-14-28(30)33/h5-8,17,25-28,33H,2-4,9-16,18-19H2,1H3. The Labute approximate surface area is 198 Å². The topological polar surface area (TPSA) is 40.5 Å². The molecule has 3 fully saturated rings. The molecular formula is C30H39NO2. The van der Waals surface area contributed by atoms with E-state index >= 15 is 0 Å². The molecule has 1 N–H and O–H groups in total. The fourth-order valence-electron chi connectivity index (χ4n) is 8.16. The smallest absolute Gasteiger partial charge is 0.156 e. The molecule has 1 heterocycles. The number of aliphatic hydroxyl groups is 1. The van der Waals surface area contributed by atoms with Gasteiger partial charge in [-0.2, -0.15) is 0 Å². The second-order valence-corrected chi connectivity index (χ2v) is 11.8. The van der Waals surface area contributed by atoms with Gasteiger partial charge >= 0.3 is 0 Å². The van der Waals surface area contributed by atoms with E-state index in [1.54, 1.807) is 5.57 Å². The number of rotatable bonds is 3. The van der Waals surface area contributed by atoms with E-state index < -0.39 is 0 Å². The van der Waals surface area contributed by atoms with E-state index in [1.807, 2.05) is 6.08 Å². The Morgan fingerprint density at radius 2 is 1.79 bits per heavy atom. The summed E-state index contributed by atoms with van der Waals surface area (Å²) in [6, 6.07) is 9.47. The van der Waals surface area contributed by atoms with Gasteiger partial charge < -0.3 is 5.11 Å². The SMILES string of the molecule is CC12CC(c3ccc(CN4CCCCC4)cc3)C3=C4CCC(=O)C=C4CCC3C1CCC2O. The first-order valence-electron chi connectivity index (χ1n) is 13.5. The fraction of sp³-hybridized carbons (Fsp3) is 0.633. The van der Waals surface area contributed by atoms with Crippen molar-refractivity contribution in [2.45, 2.75) is 89.7 Å². The summed E-state index contributed by atoms with van der Waals surface area (Å²) in [6.45, 7) is 5.89. The first-order chi connectivity index (χ1) is 16.0. The molecule has 2 saturated carbocycles. The Balaban J connectivity index is 1.36. The first kappa shape index (κ1) is 21.8. The van der Waals surface area contributed by atoms with E-state index in [0.29, 0.717) is 30.0 Å². The molecule has 0 bridgehead atoms. The van der Waals surface area contributed by atoms with Crippen LogP contribution in [0.15, 0.2) is 47.1 Å². The number of benzene rings is 1. The quantitative estimate of drug-likeness (QED) is 0.627. The van der Waals surface area contributed by atoms with Crippen molar-refractivity contribution < 1.29 is 9.90 Å². The molecule has 5 unspecified atom stereocenters. The highest BCUT2D eigenvalue weighted by Gasteiger charge is 2.56. The highest BCUT2D eigenvalue weighted by Crippen LogP contribution is 2.63. The van der Waals surface area contributed by atoms with Gasteiger partial charge in [0, 0.05) is 18.9 Å². The van der Waals surface area contributed by atoms with Gasteiger partial charge in [0.1, 0.15) is 0 Å². The Bertz CT molecular complexity index is 983. The molecule has 3 nitrogen and oxygen atoms in total. The van der Waals surface area contributed by atoms with Gasteiger partial charge in [-0.3, -0.25) is 9.69 Å². The van der Waals surface area contributed by atoms with Crippen LogP contribution < -0.4 is 0 Å². The zero-order chi connectivity index (χ0) is 22.6. The maximum atomic E-state index is 12.2. The van der Waals surface area contributed by atoms with E-state index in [4.69, 9.17) is 0 Å². The lowest BCUT2D eigenvalue weighted by Crippen LogP contribution is -2.45. The molecule has 33 heavy (non-hydrogen) atoms. The van der Waals surface area contributed by atoms with E-state index in [2.05, 4.69) is 36.1 Å². The summed E-state index contributed by atoms with van der Waals surface area (Å²) in [6.07, 6.45) is 12.7. The molecule has 0 radical (unpaired) electrons. The predicted octanol–water partition coefficient (Wildman–Crippen LogP) is 5.93. The maximum absolute atomic E-state index is 12.2. The predicted molar refractivity (Wildman–Crippen MR) is 132 cm³/mol. The average Bonchev–Trinajstić information content (AvgIpc) is 3.13. The molecule has 1 aliphatic heterocycles. The first-order valence-corrected chi connectivity index (χ1v) is 13.5. The molecule has 3 heteroatoms. The Kier molecular flexibility index (Phi) is 5.62. The Hall–Kier alpha value is -1.71. The number of carbonyl (C=O) groups is 1. The summed E-state index contributed by atoms with van der Waals surface area (Å²) in [7, 11) is 0. The number of aliphatic hydroxyl groups excluding tert-OH is 1. The monoisotopic (exact) mass is 445 g/mol. The van der Waals surface area contributed by atoms with Gasteiger partial charge in [0.25, 0.3) is 0 Å². The number of hydrogen-bond acceptors (Lipinski definition) is 3. The molecule has 1 aromatic carbocycles. The van der Waals surface area contributed by atoms with Crippen molar-refractivity contribution in [1.82, 2.24) is 4.90 Å². The van der Waals surface area contributed by atoms with Crippen LogP contribution in [0.2, 0.25) is 0 Å². The van der Waals surface area contributed by atoms with Crippen LogP contribution in [0.1, 0.15) is 88.2 Å². The van der Waals surface area contributed by atoms with Crippen LogP contribution in [-0.4, -0.2) is 35.0 Å². The van der Waals surface area contributed by atoms with Crippen LogP contribution in [0.4, 0.5) is 0 Å².